The average molecular weight is 453 g/mol. The van der Waals surface area contributed by atoms with E-state index in [2.05, 4.69) is 23.9 Å². The minimum atomic E-state index is -3.69. The van der Waals surface area contributed by atoms with Crippen LogP contribution in [0, 0.1) is 6.92 Å². The van der Waals surface area contributed by atoms with Gasteiger partial charge in [-0.3, -0.25) is 9.52 Å². The predicted octanol–water partition coefficient (Wildman–Crippen LogP) is 4.73. The third-order valence-corrected chi connectivity index (χ3v) is 6.35. The Morgan fingerprint density at radius 2 is 1.66 bits per heavy atom. The van der Waals surface area contributed by atoms with E-state index in [1.165, 1.54) is 12.1 Å². The highest BCUT2D eigenvalue weighted by atomic mass is 32.2. The molecule has 0 unspecified atom stereocenters. The van der Waals surface area contributed by atoms with Gasteiger partial charge in [0, 0.05) is 5.56 Å². The molecule has 0 fully saturated rings. The first kappa shape index (κ1) is 23.3. The Kier molecular flexibility index (Phi) is 7.53. The van der Waals surface area contributed by atoms with Gasteiger partial charge in [0.15, 0.2) is 0 Å². The first-order chi connectivity index (χ1) is 15.3. The van der Waals surface area contributed by atoms with Crippen LogP contribution in [0.1, 0.15) is 41.3 Å². The number of nitrogens with one attached hydrogen (secondary N) is 2. The fraction of sp³-hybridized carbons (Fsp3) is 0.240. The number of hydrogen-bond acceptors (Lipinski definition) is 4. The maximum atomic E-state index is 12.5. The third kappa shape index (κ3) is 5.88. The molecule has 0 atom stereocenters. The molecule has 0 bridgehead atoms. The van der Waals surface area contributed by atoms with Gasteiger partial charge in [0.25, 0.3) is 15.9 Å². The number of amides is 1. The second-order valence-electron chi connectivity index (χ2n) is 7.75. The number of rotatable bonds is 9. The molecule has 2 N–H and O–H groups in total. The zero-order valence-corrected chi connectivity index (χ0v) is 19.3. The highest BCUT2D eigenvalue weighted by molar-refractivity contribution is 7.92. The number of benzene rings is 3. The summed E-state index contributed by atoms with van der Waals surface area (Å²) in [5.74, 6) is 0.926. The van der Waals surface area contributed by atoms with E-state index < -0.39 is 10.0 Å². The molecule has 3 aromatic rings. The maximum absolute atomic E-state index is 12.5. The van der Waals surface area contributed by atoms with E-state index in [9.17, 15) is 13.2 Å². The standard InChI is InChI=1S/C25H28N2O4S/c1-18(2)22-11-7-8-12-24(22)31-16-15-26-25(28)20-13-14-23(19(3)17-20)27-32(29,30)21-9-5-4-6-10-21/h4-14,17-18,27H,15-16H2,1-3H3,(H,26,28). The number of para-hydroxylation sites is 1. The van der Waals surface area contributed by atoms with Crippen molar-refractivity contribution < 1.29 is 17.9 Å². The van der Waals surface area contributed by atoms with Crippen LogP contribution in [-0.2, 0) is 10.0 Å². The van der Waals surface area contributed by atoms with Crippen LogP contribution in [0.25, 0.3) is 0 Å². The van der Waals surface area contributed by atoms with E-state index >= 15 is 0 Å². The lowest BCUT2D eigenvalue weighted by Crippen LogP contribution is -2.28. The van der Waals surface area contributed by atoms with Crippen LogP contribution in [0.2, 0.25) is 0 Å². The van der Waals surface area contributed by atoms with Crippen LogP contribution in [-0.4, -0.2) is 27.5 Å². The number of ether oxygens (including phenoxy) is 1. The minimum absolute atomic E-state index is 0.181. The van der Waals surface area contributed by atoms with Gasteiger partial charge in [-0.15, -0.1) is 0 Å². The number of sulfonamides is 1. The number of anilines is 1. The monoisotopic (exact) mass is 452 g/mol. The maximum Gasteiger partial charge on any atom is 0.261 e. The molecule has 0 heterocycles. The van der Waals surface area contributed by atoms with Crippen molar-refractivity contribution in [3.63, 3.8) is 0 Å². The Bertz CT molecular complexity index is 1180. The summed E-state index contributed by atoms with van der Waals surface area (Å²) in [5.41, 5.74) is 2.66. The Labute approximate surface area is 189 Å². The van der Waals surface area contributed by atoms with Crippen LogP contribution in [0.15, 0.2) is 77.7 Å². The average Bonchev–Trinajstić information content (AvgIpc) is 2.78. The van der Waals surface area contributed by atoms with E-state index in [0.717, 1.165) is 11.3 Å². The van der Waals surface area contributed by atoms with E-state index in [-0.39, 0.29) is 10.8 Å². The molecule has 168 valence electrons. The normalized spacial score (nSPS) is 11.2. The second kappa shape index (κ2) is 10.3. The summed E-state index contributed by atoms with van der Waals surface area (Å²) in [6.07, 6.45) is 0. The molecule has 0 saturated carbocycles. The van der Waals surface area contributed by atoms with Gasteiger partial charge in [-0.25, -0.2) is 8.42 Å². The van der Waals surface area contributed by atoms with Gasteiger partial charge in [0.2, 0.25) is 0 Å². The third-order valence-electron chi connectivity index (χ3n) is 4.97. The molecular formula is C25H28N2O4S. The molecule has 0 aromatic heterocycles. The summed E-state index contributed by atoms with van der Waals surface area (Å²) in [4.78, 5) is 12.7. The SMILES string of the molecule is Cc1cc(C(=O)NCCOc2ccccc2C(C)C)ccc1NS(=O)(=O)c1ccccc1. The predicted molar refractivity (Wildman–Crippen MR) is 127 cm³/mol. The zero-order valence-electron chi connectivity index (χ0n) is 18.5. The minimum Gasteiger partial charge on any atom is -0.491 e. The van der Waals surface area contributed by atoms with Gasteiger partial charge in [0.1, 0.15) is 12.4 Å². The number of carbonyl (C=O) groups excluding carboxylic acids is 1. The smallest absolute Gasteiger partial charge is 0.261 e. The summed E-state index contributed by atoms with van der Waals surface area (Å²) < 4.78 is 33.5. The van der Waals surface area contributed by atoms with Crippen LogP contribution >= 0.6 is 0 Å². The van der Waals surface area contributed by atoms with Gasteiger partial charge < -0.3 is 10.1 Å². The molecule has 1 amide bonds. The molecule has 7 heteroatoms. The van der Waals surface area contributed by atoms with Gasteiger partial charge >= 0.3 is 0 Å². The topological polar surface area (TPSA) is 84.5 Å². The Hall–Kier alpha value is -3.32. The summed E-state index contributed by atoms with van der Waals surface area (Å²) in [5, 5.41) is 2.84. The lowest BCUT2D eigenvalue weighted by atomic mass is 10.0. The van der Waals surface area contributed by atoms with Gasteiger partial charge in [-0.1, -0.05) is 50.2 Å². The van der Waals surface area contributed by atoms with Crippen LogP contribution in [0.4, 0.5) is 5.69 Å². The Morgan fingerprint density at radius 1 is 0.969 bits per heavy atom. The number of hydrogen-bond donors (Lipinski definition) is 2. The largest absolute Gasteiger partial charge is 0.491 e. The van der Waals surface area contributed by atoms with E-state index in [4.69, 9.17) is 4.74 Å². The van der Waals surface area contributed by atoms with Crippen molar-refractivity contribution in [2.75, 3.05) is 17.9 Å². The van der Waals surface area contributed by atoms with Gasteiger partial charge in [-0.05, 0) is 60.4 Å². The molecule has 0 aliphatic carbocycles. The first-order valence-corrected chi connectivity index (χ1v) is 11.9. The molecule has 0 spiro atoms. The number of carbonyl (C=O) groups is 1. The second-order valence-corrected chi connectivity index (χ2v) is 9.43. The van der Waals surface area contributed by atoms with Crippen LogP contribution in [0.3, 0.4) is 0 Å². The zero-order chi connectivity index (χ0) is 23.1. The van der Waals surface area contributed by atoms with E-state index in [0.29, 0.717) is 35.9 Å². The van der Waals surface area contributed by atoms with Crippen molar-refractivity contribution in [1.29, 1.82) is 0 Å². The van der Waals surface area contributed by atoms with Gasteiger partial charge in [-0.2, -0.15) is 0 Å². The van der Waals surface area contributed by atoms with Crippen LogP contribution < -0.4 is 14.8 Å². The molecule has 0 aliphatic rings. The summed E-state index contributed by atoms with van der Waals surface area (Å²) in [7, 11) is -3.69. The van der Waals surface area contributed by atoms with Crippen molar-refractivity contribution in [1.82, 2.24) is 5.32 Å². The molecule has 3 aromatic carbocycles. The fourth-order valence-corrected chi connectivity index (χ4v) is 4.39. The van der Waals surface area contributed by atoms with Crippen molar-refractivity contribution >= 4 is 21.6 Å². The summed E-state index contributed by atoms with van der Waals surface area (Å²) in [6.45, 7) is 6.67. The molecule has 0 radical (unpaired) electrons. The molecular weight excluding hydrogens is 424 g/mol. The highest BCUT2D eigenvalue weighted by Gasteiger charge is 2.16. The summed E-state index contributed by atoms with van der Waals surface area (Å²) in [6, 6.07) is 20.9. The van der Waals surface area contributed by atoms with Crippen molar-refractivity contribution in [2.24, 2.45) is 0 Å². The van der Waals surface area contributed by atoms with Crippen molar-refractivity contribution in [2.45, 2.75) is 31.6 Å². The lowest BCUT2D eigenvalue weighted by molar-refractivity contribution is 0.0947. The van der Waals surface area contributed by atoms with Crippen molar-refractivity contribution in [3.8, 4) is 5.75 Å². The quantitative estimate of drug-likeness (QED) is 0.460. The van der Waals surface area contributed by atoms with E-state index in [1.807, 2.05) is 24.3 Å². The molecule has 6 nitrogen and oxygen atoms in total. The molecule has 3 rings (SSSR count). The van der Waals surface area contributed by atoms with Gasteiger partial charge in [0.05, 0.1) is 17.1 Å². The molecule has 0 aliphatic heterocycles. The number of aryl methyl sites for hydroxylation is 1. The molecule has 32 heavy (non-hydrogen) atoms. The van der Waals surface area contributed by atoms with Crippen molar-refractivity contribution in [3.05, 3.63) is 89.5 Å². The Morgan fingerprint density at radius 3 is 2.34 bits per heavy atom. The first-order valence-electron chi connectivity index (χ1n) is 10.5. The molecule has 0 saturated heterocycles. The fourth-order valence-electron chi connectivity index (χ4n) is 3.24. The van der Waals surface area contributed by atoms with E-state index in [1.54, 1.807) is 43.3 Å². The lowest BCUT2D eigenvalue weighted by Gasteiger charge is -2.14. The van der Waals surface area contributed by atoms with Crippen LogP contribution in [0.5, 0.6) is 5.75 Å². The summed E-state index contributed by atoms with van der Waals surface area (Å²) >= 11 is 0. The highest BCUT2D eigenvalue weighted by Crippen LogP contribution is 2.25. The Balaban J connectivity index is 1.57.